The summed E-state index contributed by atoms with van der Waals surface area (Å²) in [5, 5.41) is 6.50. The molecule has 25 heavy (non-hydrogen) atoms. The molecule has 0 bridgehead atoms. The molecule has 2 amide bonds. The summed E-state index contributed by atoms with van der Waals surface area (Å²) in [5.74, 6) is 0.650. The summed E-state index contributed by atoms with van der Waals surface area (Å²) in [4.78, 5) is 30.3. The van der Waals surface area contributed by atoms with Gasteiger partial charge >= 0.3 is 0 Å². The lowest BCUT2D eigenvalue weighted by Gasteiger charge is -2.20. The zero-order valence-corrected chi connectivity index (χ0v) is 15.0. The number of carbonyl (C=O) groups excluding carboxylic acids is 2. The number of nitrogens with zero attached hydrogens (tertiary/aromatic N) is 3. The largest absolute Gasteiger partial charge is 0.360 e. The van der Waals surface area contributed by atoms with Crippen LogP contribution >= 0.6 is 11.8 Å². The molecule has 0 unspecified atom stereocenters. The minimum atomic E-state index is -0.449. The molecule has 1 aromatic heterocycles. The molecule has 0 radical (unpaired) electrons. The Labute approximate surface area is 149 Å². The second-order valence-corrected chi connectivity index (χ2v) is 7.04. The fraction of sp³-hybridized carbons (Fsp3) is 0.294. The molecule has 3 rings (SSSR count). The van der Waals surface area contributed by atoms with Crippen LogP contribution in [-0.2, 0) is 9.59 Å². The Balaban J connectivity index is 1.68. The molecule has 1 aliphatic rings. The van der Waals surface area contributed by atoms with Crippen LogP contribution in [0, 0.1) is 13.8 Å². The van der Waals surface area contributed by atoms with E-state index in [1.165, 1.54) is 11.8 Å². The second kappa shape index (κ2) is 7.10. The molecule has 0 spiro atoms. The van der Waals surface area contributed by atoms with Crippen LogP contribution in [0.25, 0.3) is 0 Å². The molecule has 0 aliphatic carbocycles. The van der Waals surface area contributed by atoms with Crippen molar-refractivity contribution in [2.45, 2.75) is 26.0 Å². The van der Waals surface area contributed by atoms with Crippen molar-refractivity contribution in [2.24, 2.45) is 4.99 Å². The first-order chi connectivity index (χ1) is 11.9. The third-order valence-electron chi connectivity index (χ3n) is 3.61. The first kappa shape index (κ1) is 17.2. The number of rotatable bonds is 4. The number of anilines is 2. The van der Waals surface area contributed by atoms with Gasteiger partial charge in [-0.3, -0.25) is 19.5 Å². The summed E-state index contributed by atoms with van der Waals surface area (Å²) in [5.41, 5.74) is 1.86. The molecular weight excluding hydrogens is 340 g/mol. The summed E-state index contributed by atoms with van der Waals surface area (Å²) in [6.07, 6.45) is 0. The highest BCUT2D eigenvalue weighted by Crippen LogP contribution is 2.27. The average Bonchev–Trinajstić information content (AvgIpc) is 3.14. The number of hydrogen-bond donors (Lipinski definition) is 1. The van der Waals surface area contributed by atoms with Crippen LogP contribution in [0.5, 0.6) is 0 Å². The first-order valence-electron chi connectivity index (χ1n) is 7.79. The van der Waals surface area contributed by atoms with Gasteiger partial charge in [-0.1, -0.05) is 34.6 Å². The third kappa shape index (κ3) is 3.90. The van der Waals surface area contributed by atoms with Gasteiger partial charge in [-0.2, -0.15) is 0 Å². The van der Waals surface area contributed by atoms with E-state index in [1.54, 1.807) is 24.8 Å². The predicted molar refractivity (Wildman–Crippen MR) is 97.9 cm³/mol. The van der Waals surface area contributed by atoms with Crippen LogP contribution in [-0.4, -0.2) is 33.9 Å². The molecule has 1 aromatic carbocycles. The predicted octanol–water partition coefficient (Wildman–Crippen LogP) is 2.75. The molecule has 0 saturated heterocycles. The number of carbonyl (C=O) groups is 2. The second-order valence-electron chi connectivity index (χ2n) is 5.74. The number of amides is 2. The van der Waals surface area contributed by atoms with Gasteiger partial charge in [0.05, 0.1) is 10.9 Å². The number of aromatic nitrogens is 1. The third-order valence-corrected chi connectivity index (χ3v) is 4.70. The molecule has 8 heteroatoms. The Hall–Kier alpha value is -2.61. The maximum Gasteiger partial charge on any atom is 0.254 e. The number of amidine groups is 1. The molecule has 2 heterocycles. The number of thioether (sulfide) groups is 1. The first-order valence-corrected chi connectivity index (χ1v) is 8.67. The van der Waals surface area contributed by atoms with Crippen molar-refractivity contribution in [3.05, 3.63) is 41.7 Å². The zero-order chi connectivity index (χ0) is 18.0. The number of hydrogen-bond acceptors (Lipinski definition) is 6. The van der Waals surface area contributed by atoms with Gasteiger partial charge in [0.15, 0.2) is 11.0 Å². The van der Waals surface area contributed by atoms with Gasteiger partial charge in [-0.15, -0.1) is 0 Å². The highest BCUT2D eigenvalue weighted by Gasteiger charge is 2.30. The molecule has 0 saturated carbocycles. The van der Waals surface area contributed by atoms with E-state index in [2.05, 4.69) is 15.5 Å². The highest BCUT2D eigenvalue weighted by atomic mass is 32.2. The molecule has 130 valence electrons. The van der Waals surface area contributed by atoms with Gasteiger partial charge in [-0.25, -0.2) is 0 Å². The van der Waals surface area contributed by atoms with E-state index in [0.29, 0.717) is 16.7 Å². The van der Waals surface area contributed by atoms with Crippen molar-refractivity contribution in [1.82, 2.24) is 5.16 Å². The summed E-state index contributed by atoms with van der Waals surface area (Å²) in [7, 11) is 0. The average molecular weight is 358 g/mol. The number of benzene rings is 1. The highest BCUT2D eigenvalue weighted by molar-refractivity contribution is 8.15. The van der Waals surface area contributed by atoms with Crippen molar-refractivity contribution in [3.63, 3.8) is 0 Å². The summed E-state index contributed by atoms with van der Waals surface area (Å²) >= 11 is 1.24. The van der Waals surface area contributed by atoms with E-state index in [9.17, 15) is 9.59 Å². The van der Waals surface area contributed by atoms with Gasteiger partial charge in [0.25, 0.3) is 5.91 Å². The Morgan fingerprint density at radius 2 is 2.04 bits per heavy atom. The molecule has 1 atom stereocenters. The van der Waals surface area contributed by atoms with Gasteiger partial charge < -0.3 is 9.84 Å². The van der Waals surface area contributed by atoms with E-state index in [4.69, 9.17) is 4.52 Å². The van der Waals surface area contributed by atoms with Crippen LogP contribution in [0.2, 0.25) is 0 Å². The van der Waals surface area contributed by atoms with E-state index in [-0.39, 0.29) is 18.4 Å². The fourth-order valence-corrected chi connectivity index (χ4v) is 3.22. The Morgan fingerprint density at radius 1 is 1.32 bits per heavy atom. The van der Waals surface area contributed by atoms with Crippen molar-refractivity contribution >= 4 is 40.2 Å². The zero-order valence-electron chi connectivity index (χ0n) is 14.1. The smallest absolute Gasteiger partial charge is 0.254 e. The minimum absolute atomic E-state index is 0.0903. The maximum absolute atomic E-state index is 12.3. The monoisotopic (exact) mass is 358 g/mol. The van der Waals surface area contributed by atoms with Crippen LogP contribution in [0.4, 0.5) is 11.5 Å². The van der Waals surface area contributed by atoms with Crippen LogP contribution in [0.1, 0.15) is 18.2 Å². The lowest BCUT2D eigenvalue weighted by atomic mass is 10.2. The quantitative estimate of drug-likeness (QED) is 0.908. The minimum Gasteiger partial charge on any atom is -0.360 e. The van der Waals surface area contributed by atoms with Crippen LogP contribution in [0.3, 0.4) is 0 Å². The Bertz CT molecular complexity index is 829. The molecule has 1 aliphatic heterocycles. The van der Waals surface area contributed by atoms with Crippen molar-refractivity contribution in [3.8, 4) is 0 Å². The molecule has 0 fully saturated rings. The SMILES string of the molecule is Cc1ccc(N2C(=O)CN=C2S[C@@H](C)C(=O)Nc2cc(C)on2)cc1. The van der Waals surface area contributed by atoms with Gasteiger partial charge in [0.1, 0.15) is 12.3 Å². The molecule has 2 aromatic rings. The number of aliphatic imine (C=N–C) groups is 1. The van der Waals surface area contributed by atoms with E-state index in [1.807, 2.05) is 31.2 Å². The number of nitrogens with one attached hydrogen (secondary N) is 1. The lowest BCUT2D eigenvalue weighted by Crippen LogP contribution is -2.33. The van der Waals surface area contributed by atoms with E-state index >= 15 is 0 Å². The van der Waals surface area contributed by atoms with Crippen molar-refractivity contribution in [2.75, 3.05) is 16.8 Å². The maximum atomic E-state index is 12.3. The summed E-state index contributed by atoms with van der Waals surface area (Å²) < 4.78 is 4.93. The van der Waals surface area contributed by atoms with Crippen molar-refractivity contribution < 1.29 is 14.1 Å². The summed E-state index contributed by atoms with van der Waals surface area (Å²) in [6.45, 7) is 5.58. The van der Waals surface area contributed by atoms with Gasteiger partial charge in [0.2, 0.25) is 5.91 Å². The Morgan fingerprint density at radius 3 is 2.68 bits per heavy atom. The summed E-state index contributed by atoms with van der Waals surface area (Å²) in [6, 6.07) is 9.26. The standard InChI is InChI=1S/C17H18N4O3S/c1-10-4-6-13(7-5-10)21-15(22)9-18-17(21)25-12(3)16(23)19-14-8-11(2)24-20-14/h4-8,12H,9H2,1-3H3,(H,19,20,23)/t12-/m0/s1. The fourth-order valence-electron chi connectivity index (χ4n) is 2.29. The van der Waals surface area contributed by atoms with Gasteiger partial charge in [-0.05, 0) is 32.9 Å². The topological polar surface area (TPSA) is 87.8 Å². The molecule has 1 N–H and O–H groups in total. The molecular formula is C17H18N4O3S. The van der Waals surface area contributed by atoms with E-state index < -0.39 is 5.25 Å². The van der Waals surface area contributed by atoms with Crippen LogP contribution < -0.4 is 10.2 Å². The number of aryl methyl sites for hydroxylation is 2. The molecule has 7 nitrogen and oxygen atoms in total. The van der Waals surface area contributed by atoms with Crippen molar-refractivity contribution in [1.29, 1.82) is 0 Å². The van der Waals surface area contributed by atoms with E-state index in [0.717, 1.165) is 11.3 Å². The van der Waals surface area contributed by atoms with Gasteiger partial charge in [0, 0.05) is 6.07 Å². The normalized spacial score (nSPS) is 15.2. The lowest BCUT2D eigenvalue weighted by molar-refractivity contribution is -0.116. The Kier molecular flexibility index (Phi) is 4.89. The van der Waals surface area contributed by atoms with Crippen LogP contribution in [0.15, 0.2) is 39.8 Å².